The van der Waals surface area contributed by atoms with Crippen molar-refractivity contribution in [3.63, 3.8) is 0 Å². The normalized spacial score (nSPS) is 12.8. The van der Waals surface area contributed by atoms with E-state index in [2.05, 4.69) is 10.6 Å². The summed E-state index contributed by atoms with van der Waals surface area (Å²) in [6.07, 6.45) is 0.900. The molecule has 2 amide bonds. The molecule has 0 radical (unpaired) electrons. The van der Waals surface area contributed by atoms with Gasteiger partial charge in [-0.2, -0.15) is 0 Å². The lowest BCUT2D eigenvalue weighted by Gasteiger charge is -2.26. The number of rotatable bonds is 7. The summed E-state index contributed by atoms with van der Waals surface area (Å²) in [5, 5.41) is 15.0. The van der Waals surface area contributed by atoms with Gasteiger partial charge in [0.05, 0.1) is 6.10 Å². The monoisotopic (exact) mass is 296 g/mol. The van der Waals surface area contributed by atoms with Crippen molar-refractivity contribution in [2.75, 3.05) is 13.1 Å². The number of nitrogens with one attached hydrogen (secondary N) is 2. The third kappa shape index (κ3) is 7.66. The molecule has 4 nitrogen and oxygen atoms in total. The topological polar surface area (TPSA) is 61.4 Å². The first-order chi connectivity index (χ1) is 9.78. The second kappa shape index (κ2) is 7.98. The summed E-state index contributed by atoms with van der Waals surface area (Å²) in [5.74, 6) is -0.259. The van der Waals surface area contributed by atoms with Gasteiger partial charge in [0.25, 0.3) is 0 Å². The lowest BCUT2D eigenvalue weighted by atomic mass is 9.87. The van der Waals surface area contributed by atoms with Gasteiger partial charge in [-0.1, -0.05) is 26.0 Å². The molecule has 0 aliphatic carbocycles. The molecule has 118 valence electrons. The van der Waals surface area contributed by atoms with E-state index >= 15 is 0 Å². The fourth-order valence-electron chi connectivity index (χ4n) is 2.23. The van der Waals surface area contributed by atoms with E-state index in [0.29, 0.717) is 25.9 Å². The Bertz CT molecular complexity index is 444. The van der Waals surface area contributed by atoms with Crippen molar-refractivity contribution in [3.8, 4) is 0 Å². The van der Waals surface area contributed by atoms with Gasteiger partial charge in [-0.15, -0.1) is 0 Å². The molecule has 5 heteroatoms. The molecule has 0 saturated heterocycles. The molecule has 0 bridgehead atoms. The van der Waals surface area contributed by atoms with E-state index in [0.717, 1.165) is 5.56 Å². The van der Waals surface area contributed by atoms with E-state index in [1.54, 1.807) is 19.1 Å². The second-order valence-electron chi connectivity index (χ2n) is 6.20. The average molecular weight is 296 g/mol. The molecule has 1 unspecified atom stereocenters. The number of carbonyl (C=O) groups is 1. The Kier molecular flexibility index (Phi) is 6.62. The van der Waals surface area contributed by atoms with Crippen molar-refractivity contribution >= 4 is 6.03 Å². The van der Waals surface area contributed by atoms with Crippen LogP contribution < -0.4 is 10.6 Å². The highest BCUT2D eigenvalue weighted by Gasteiger charge is 2.20. The molecule has 3 N–H and O–H groups in total. The molecule has 0 heterocycles. The second-order valence-corrected chi connectivity index (χ2v) is 6.20. The van der Waals surface area contributed by atoms with Crippen LogP contribution in [-0.4, -0.2) is 30.3 Å². The zero-order chi connectivity index (χ0) is 15.9. The predicted octanol–water partition coefficient (Wildman–Crippen LogP) is 2.46. The molecule has 1 aromatic rings. The molecule has 21 heavy (non-hydrogen) atoms. The molecule has 0 aliphatic heterocycles. The van der Waals surface area contributed by atoms with Gasteiger partial charge in [0.2, 0.25) is 0 Å². The minimum atomic E-state index is -0.386. The summed E-state index contributed by atoms with van der Waals surface area (Å²) in [5.41, 5.74) is 0.828. The average Bonchev–Trinajstić information content (AvgIpc) is 2.37. The van der Waals surface area contributed by atoms with Crippen molar-refractivity contribution in [1.82, 2.24) is 10.6 Å². The number of benzene rings is 1. The van der Waals surface area contributed by atoms with Crippen LogP contribution in [0.5, 0.6) is 0 Å². The van der Waals surface area contributed by atoms with E-state index in [4.69, 9.17) is 0 Å². The molecule has 0 aliphatic rings. The Morgan fingerprint density at radius 3 is 2.48 bits per heavy atom. The molecule has 0 spiro atoms. The lowest BCUT2D eigenvalue weighted by molar-refractivity contribution is 0.129. The van der Waals surface area contributed by atoms with Gasteiger partial charge in [-0.05, 0) is 42.9 Å². The van der Waals surface area contributed by atoms with Crippen molar-refractivity contribution < 1.29 is 14.3 Å². The smallest absolute Gasteiger partial charge is 0.314 e. The summed E-state index contributed by atoms with van der Waals surface area (Å²) in [6.45, 7) is 6.73. The number of amides is 2. The number of urea groups is 1. The summed E-state index contributed by atoms with van der Waals surface area (Å²) < 4.78 is 12.7. The van der Waals surface area contributed by atoms with Gasteiger partial charge in [-0.25, -0.2) is 9.18 Å². The number of hydrogen-bond acceptors (Lipinski definition) is 2. The van der Waals surface area contributed by atoms with Gasteiger partial charge < -0.3 is 15.7 Å². The maximum atomic E-state index is 12.7. The zero-order valence-electron chi connectivity index (χ0n) is 12.9. The highest BCUT2D eigenvalue weighted by atomic mass is 19.1. The molecular weight excluding hydrogens is 271 g/mol. The highest BCUT2D eigenvalue weighted by molar-refractivity contribution is 5.73. The Balaban J connectivity index is 2.23. The maximum absolute atomic E-state index is 12.7. The van der Waals surface area contributed by atoms with Crippen LogP contribution in [0.1, 0.15) is 32.8 Å². The summed E-state index contributed by atoms with van der Waals surface area (Å²) in [7, 11) is 0. The predicted molar refractivity (Wildman–Crippen MR) is 81.6 cm³/mol. The van der Waals surface area contributed by atoms with Gasteiger partial charge in [0.1, 0.15) is 5.82 Å². The van der Waals surface area contributed by atoms with Crippen LogP contribution in [0.15, 0.2) is 24.3 Å². The number of aliphatic hydroxyl groups excluding tert-OH is 1. The summed E-state index contributed by atoms with van der Waals surface area (Å²) in [4.78, 5) is 11.7. The van der Waals surface area contributed by atoms with E-state index in [9.17, 15) is 14.3 Å². The van der Waals surface area contributed by atoms with Crippen LogP contribution in [0.3, 0.4) is 0 Å². The van der Waals surface area contributed by atoms with Crippen LogP contribution in [0.25, 0.3) is 0 Å². The van der Waals surface area contributed by atoms with E-state index in [1.165, 1.54) is 12.1 Å². The Morgan fingerprint density at radius 2 is 1.90 bits per heavy atom. The fraction of sp³-hybridized carbons (Fsp3) is 0.562. The third-order valence-electron chi connectivity index (χ3n) is 3.19. The Hall–Kier alpha value is -1.62. The Morgan fingerprint density at radius 1 is 1.29 bits per heavy atom. The first-order valence-corrected chi connectivity index (χ1v) is 7.23. The van der Waals surface area contributed by atoms with Crippen LogP contribution in [-0.2, 0) is 6.42 Å². The summed E-state index contributed by atoms with van der Waals surface area (Å²) >= 11 is 0. The number of aliphatic hydroxyl groups is 1. The molecular formula is C16H25FN2O2. The number of halogens is 1. The zero-order valence-corrected chi connectivity index (χ0v) is 12.9. The summed E-state index contributed by atoms with van der Waals surface area (Å²) in [6, 6.07) is 6.01. The molecule has 1 aromatic carbocycles. The van der Waals surface area contributed by atoms with Crippen LogP contribution >= 0.6 is 0 Å². The highest BCUT2D eigenvalue weighted by Crippen LogP contribution is 2.20. The van der Waals surface area contributed by atoms with Crippen LogP contribution in [0.4, 0.5) is 9.18 Å². The number of carbonyl (C=O) groups excluding carboxylic acids is 1. The minimum Gasteiger partial charge on any atom is -0.393 e. The maximum Gasteiger partial charge on any atom is 0.314 e. The third-order valence-corrected chi connectivity index (χ3v) is 3.19. The number of hydrogen-bond donors (Lipinski definition) is 3. The molecule has 1 rings (SSSR count). The van der Waals surface area contributed by atoms with Gasteiger partial charge >= 0.3 is 6.03 Å². The SMILES string of the molecule is CC(O)CC(C)(C)CNC(=O)NCCc1ccc(F)cc1. The molecule has 0 aromatic heterocycles. The fourth-order valence-corrected chi connectivity index (χ4v) is 2.23. The lowest BCUT2D eigenvalue weighted by Crippen LogP contribution is -2.42. The van der Waals surface area contributed by atoms with E-state index < -0.39 is 0 Å². The quantitative estimate of drug-likeness (QED) is 0.724. The first-order valence-electron chi connectivity index (χ1n) is 7.23. The van der Waals surface area contributed by atoms with Crippen molar-refractivity contribution in [2.24, 2.45) is 5.41 Å². The van der Waals surface area contributed by atoms with Crippen LogP contribution in [0.2, 0.25) is 0 Å². The van der Waals surface area contributed by atoms with Gasteiger partial charge in [-0.3, -0.25) is 0 Å². The van der Waals surface area contributed by atoms with Crippen LogP contribution in [0, 0.1) is 11.2 Å². The standard InChI is InChI=1S/C16H25FN2O2/c1-12(20)10-16(2,3)11-19-15(21)18-9-8-13-4-6-14(17)7-5-13/h4-7,12,20H,8-11H2,1-3H3,(H2,18,19,21). The molecule has 1 atom stereocenters. The van der Waals surface area contributed by atoms with Crippen molar-refractivity contribution in [1.29, 1.82) is 0 Å². The van der Waals surface area contributed by atoms with Gasteiger partial charge in [0, 0.05) is 13.1 Å². The molecule has 0 fully saturated rings. The van der Waals surface area contributed by atoms with E-state index in [1.807, 2.05) is 13.8 Å². The first kappa shape index (κ1) is 17.4. The Labute approximate surface area is 125 Å². The van der Waals surface area contributed by atoms with E-state index in [-0.39, 0.29) is 23.4 Å². The van der Waals surface area contributed by atoms with Crippen molar-refractivity contribution in [2.45, 2.75) is 39.7 Å². The van der Waals surface area contributed by atoms with Gasteiger partial charge in [0.15, 0.2) is 0 Å². The largest absolute Gasteiger partial charge is 0.393 e. The van der Waals surface area contributed by atoms with Crippen molar-refractivity contribution in [3.05, 3.63) is 35.6 Å². The minimum absolute atomic E-state index is 0.150. The molecule has 0 saturated carbocycles.